The highest BCUT2D eigenvalue weighted by atomic mass is 35.5. The first-order chi connectivity index (χ1) is 8.81. The molecule has 0 aliphatic carbocycles. The Kier molecular flexibility index (Phi) is 3.07. The molecule has 18 heavy (non-hydrogen) atoms. The van der Waals surface area contributed by atoms with Crippen molar-refractivity contribution in [3.8, 4) is 5.95 Å². The molecule has 0 spiro atoms. The van der Waals surface area contributed by atoms with Gasteiger partial charge in [0.25, 0.3) is 5.95 Å². The minimum atomic E-state index is 0.136. The van der Waals surface area contributed by atoms with Crippen LogP contribution in [0.3, 0.4) is 0 Å². The second-order valence-corrected chi connectivity index (χ2v) is 4.22. The van der Waals surface area contributed by atoms with Crippen molar-refractivity contribution in [3.05, 3.63) is 23.7 Å². The number of nitrogens with zero attached hydrogens (tertiary/aromatic N) is 5. The Labute approximate surface area is 108 Å². The van der Waals surface area contributed by atoms with Gasteiger partial charge in [-0.1, -0.05) is 0 Å². The zero-order chi connectivity index (χ0) is 12.4. The van der Waals surface area contributed by atoms with Crippen molar-refractivity contribution in [2.24, 2.45) is 0 Å². The summed E-state index contributed by atoms with van der Waals surface area (Å²) in [5.74, 6) is 0.831. The van der Waals surface area contributed by atoms with Crippen LogP contribution in [-0.2, 0) is 4.74 Å². The molecule has 7 nitrogen and oxygen atoms in total. The van der Waals surface area contributed by atoms with Gasteiger partial charge < -0.3 is 10.1 Å². The van der Waals surface area contributed by atoms with E-state index < -0.39 is 0 Å². The van der Waals surface area contributed by atoms with E-state index in [0.29, 0.717) is 18.5 Å². The lowest BCUT2D eigenvalue weighted by Crippen LogP contribution is -2.21. The lowest BCUT2D eigenvalue weighted by molar-refractivity contribution is 0.195. The summed E-state index contributed by atoms with van der Waals surface area (Å²) in [5.41, 5.74) is 0. The van der Waals surface area contributed by atoms with Gasteiger partial charge in [0.2, 0.25) is 11.2 Å². The fraction of sp³-hybridized carbons (Fsp3) is 0.400. The predicted molar refractivity (Wildman–Crippen MR) is 64.8 cm³/mol. The molecule has 94 valence electrons. The first-order valence-corrected chi connectivity index (χ1v) is 5.95. The SMILES string of the molecule is Clc1nc(NC2CCOC2)nc(-n2cccn2)n1. The zero-order valence-corrected chi connectivity index (χ0v) is 10.2. The van der Waals surface area contributed by atoms with Gasteiger partial charge in [0, 0.05) is 19.0 Å². The van der Waals surface area contributed by atoms with Gasteiger partial charge in [-0.2, -0.15) is 20.1 Å². The fourth-order valence-electron chi connectivity index (χ4n) is 1.72. The van der Waals surface area contributed by atoms with Gasteiger partial charge in [0.1, 0.15) is 0 Å². The molecule has 0 bridgehead atoms. The summed E-state index contributed by atoms with van der Waals surface area (Å²) < 4.78 is 6.81. The molecule has 0 radical (unpaired) electrons. The summed E-state index contributed by atoms with van der Waals surface area (Å²) in [6.45, 7) is 1.41. The second-order valence-electron chi connectivity index (χ2n) is 3.88. The topological polar surface area (TPSA) is 77.8 Å². The Morgan fingerprint density at radius 3 is 3.06 bits per heavy atom. The summed E-state index contributed by atoms with van der Waals surface area (Å²) in [7, 11) is 0. The normalized spacial score (nSPS) is 19.1. The summed E-state index contributed by atoms with van der Waals surface area (Å²) in [6.07, 6.45) is 4.32. The van der Waals surface area contributed by atoms with Crippen LogP contribution in [0.15, 0.2) is 18.5 Å². The molecule has 1 unspecified atom stereocenters. The lowest BCUT2D eigenvalue weighted by atomic mass is 10.3. The molecule has 2 aromatic rings. The van der Waals surface area contributed by atoms with E-state index in [2.05, 4.69) is 25.4 Å². The van der Waals surface area contributed by atoms with E-state index >= 15 is 0 Å². The molecule has 1 saturated heterocycles. The first kappa shape index (κ1) is 11.4. The molecule has 0 amide bonds. The van der Waals surface area contributed by atoms with Crippen LogP contribution in [0.4, 0.5) is 5.95 Å². The zero-order valence-electron chi connectivity index (χ0n) is 9.45. The van der Waals surface area contributed by atoms with Gasteiger partial charge >= 0.3 is 0 Å². The van der Waals surface area contributed by atoms with Crippen molar-refractivity contribution in [2.45, 2.75) is 12.5 Å². The van der Waals surface area contributed by atoms with E-state index in [1.807, 2.05) is 0 Å². The Balaban J connectivity index is 1.86. The molecular formula is C10H11ClN6O. The number of hydrogen-bond donors (Lipinski definition) is 1. The van der Waals surface area contributed by atoms with Crippen molar-refractivity contribution in [1.29, 1.82) is 0 Å². The minimum absolute atomic E-state index is 0.136. The maximum atomic E-state index is 5.88. The fourth-order valence-corrected chi connectivity index (χ4v) is 1.88. The number of ether oxygens (including phenoxy) is 1. The molecule has 0 saturated carbocycles. The third-order valence-corrected chi connectivity index (χ3v) is 2.74. The molecule has 1 atom stereocenters. The van der Waals surface area contributed by atoms with Gasteiger partial charge in [-0.3, -0.25) is 0 Å². The first-order valence-electron chi connectivity index (χ1n) is 5.57. The molecule has 1 N–H and O–H groups in total. The molecule has 0 aromatic carbocycles. The van der Waals surface area contributed by atoms with E-state index in [0.717, 1.165) is 13.0 Å². The molecule has 1 fully saturated rings. The van der Waals surface area contributed by atoms with Crippen LogP contribution in [0, 0.1) is 0 Å². The smallest absolute Gasteiger partial charge is 0.256 e. The highest BCUT2D eigenvalue weighted by Gasteiger charge is 2.17. The number of rotatable bonds is 3. The third kappa shape index (κ3) is 2.41. The van der Waals surface area contributed by atoms with Gasteiger partial charge in [-0.25, -0.2) is 4.68 Å². The largest absolute Gasteiger partial charge is 0.379 e. The monoisotopic (exact) mass is 266 g/mol. The Bertz CT molecular complexity index is 525. The van der Waals surface area contributed by atoms with Crippen molar-refractivity contribution in [3.63, 3.8) is 0 Å². The van der Waals surface area contributed by atoms with E-state index in [4.69, 9.17) is 16.3 Å². The van der Waals surface area contributed by atoms with Crippen LogP contribution in [0.2, 0.25) is 5.28 Å². The van der Waals surface area contributed by atoms with Gasteiger partial charge in [0.05, 0.1) is 12.6 Å². The van der Waals surface area contributed by atoms with Crippen molar-refractivity contribution < 1.29 is 4.74 Å². The second kappa shape index (κ2) is 4.87. The number of nitrogens with one attached hydrogen (secondary N) is 1. The predicted octanol–water partition coefficient (Wildman–Crippen LogP) is 0.911. The van der Waals surface area contributed by atoms with Crippen LogP contribution < -0.4 is 5.32 Å². The van der Waals surface area contributed by atoms with Crippen molar-refractivity contribution >= 4 is 17.5 Å². The quantitative estimate of drug-likeness (QED) is 0.890. The lowest BCUT2D eigenvalue weighted by Gasteiger charge is -2.10. The number of anilines is 1. The van der Waals surface area contributed by atoms with E-state index in [1.165, 1.54) is 4.68 Å². The van der Waals surface area contributed by atoms with E-state index in [1.54, 1.807) is 18.5 Å². The van der Waals surface area contributed by atoms with Crippen molar-refractivity contribution in [1.82, 2.24) is 24.7 Å². The van der Waals surface area contributed by atoms with Crippen LogP contribution in [0.1, 0.15) is 6.42 Å². The summed E-state index contributed by atoms with van der Waals surface area (Å²) >= 11 is 5.88. The summed E-state index contributed by atoms with van der Waals surface area (Å²) in [6, 6.07) is 2.00. The number of hydrogen-bond acceptors (Lipinski definition) is 6. The van der Waals surface area contributed by atoms with Crippen LogP contribution >= 0.6 is 11.6 Å². The summed E-state index contributed by atoms with van der Waals surface area (Å²) in [4.78, 5) is 12.3. The molecule has 2 aromatic heterocycles. The highest BCUT2D eigenvalue weighted by Crippen LogP contribution is 2.13. The highest BCUT2D eigenvalue weighted by molar-refractivity contribution is 6.28. The average molecular weight is 267 g/mol. The Morgan fingerprint density at radius 2 is 2.33 bits per heavy atom. The van der Waals surface area contributed by atoms with Crippen LogP contribution in [0.25, 0.3) is 5.95 Å². The third-order valence-electron chi connectivity index (χ3n) is 2.57. The molecule has 3 heterocycles. The van der Waals surface area contributed by atoms with Gasteiger partial charge in [0.15, 0.2) is 0 Å². The van der Waals surface area contributed by atoms with Gasteiger partial charge in [-0.05, 0) is 24.1 Å². The Hall–Kier alpha value is -1.73. The van der Waals surface area contributed by atoms with Crippen molar-refractivity contribution in [2.75, 3.05) is 18.5 Å². The van der Waals surface area contributed by atoms with Crippen LogP contribution in [-0.4, -0.2) is 44.0 Å². The van der Waals surface area contributed by atoms with E-state index in [-0.39, 0.29) is 11.3 Å². The molecule has 1 aliphatic rings. The maximum absolute atomic E-state index is 5.88. The molecular weight excluding hydrogens is 256 g/mol. The average Bonchev–Trinajstić information content (AvgIpc) is 3.00. The molecule has 3 rings (SSSR count). The maximum Gasteiger partial charge on any atom is 0.256 e. The Morgan fingerprint density at radius 1 is 1.39 bits per heavy atom. The molecule has 1 aliphatic heterocycles. The number of aromatic nitrogens is 5. The summed E-state index contributed by atoms with van der Waals surface area (Å²) in [5, 5.41) is 7.36. The minimum Gasteiger partial charge on any atom is -0.379 e. The molecule has 8 heteroatoms. The standard InChI is InChI=1S/C10H11ClN6O/c11-8-14-9(13-7-2-5-18-6-7)16-10(15-8)17-4-1-3-12-17/h1,3-4,7H,2,5-6H2,(H,13,14,15,16). The number of halogens is 1. The van der Waals surface area contributed by atoms with Gasteiger partial charge in [-0.15, -0.1) is 0 Å². The van der Waals surface area contributed by atoms with E-state index in [9.17, 15) is 0 Å². The van der Waals surface area contributed by atoms with Crippen LogP contribution in [0.5, 0.6) is 0 Å².